The summed E-state index contributed by atoms with van der Waals surface area (Å²) in [5.74, 6) is 2.38. The van der Waals surface area contributed by atoms with E-state index in [9.17, 15) is 4.79 Å². The fourth-order valence-electron chi connectivity index (χ4n) is 4.71. The summed E-state index contributed by atoms with van der Waals surface area (Å²) in [6, 6.07) is 0.502. The molecular weight excluding hydrogens is 198 g/mol. The van der Waals surface area contributed by atoms with E-state index in [1.807, 2.05) is 7.05 Å². The van der Waals surface area contributed by atoms with Crippen molar-refractivity contribution in [1.82, 2.24) is 4.90 Å². The molecule has 1 aliphatic heterocycles. The Morgan fingerprint density at radius 2 is 1.81 bits per heavy atom. The van der Waals surface area contributed by atoms with Gasteiger partial charge < -0.3 is 4.90 Å². The van der Waals surface area contributed by atoms with Crippen LogP contribution in [0.3, 0.4) is 0 Å². The second-order valence-corrected chi connectivity index (χ2v) is 5.99. The Balaban J connectivity index is 2.44. The van der Waals surface area contributed by atoms with E-state index in [-0.39, 0.29) is 5.41 Å². The van der Waals surface area contributed by atoms with Gasteiger partial charge in [-0.2, -0.15) is 0 Å². The Morgan fingerprint density at radius 3 is 2.31 bits per heavy atom. The largest absolute Gasteiger partial charge is 0.342 e. The molecule has 0 aromatic heterocycles. The van der Waals surface area contributed by atoms with Gasteiger partial charge in [0.2, 0.25) is 5.91 Å². The maximum Gasteiger partial charge on any atom is 0.229 e. The van der Waals surface area contributed by atoms with Crippen LogP contribution in [-0.2, 0) is 4.79 Å². The molecule has 2 fully saturated rings. The normalized spacial score (nSPS) is 41.6. The van der Waals surface area contributed by atoms with Crippen LogP contribution in [0.1, 0.15) is 47.0 Å². The molecule has 4 atom stereocenters. The molecular formula is C14H25NO. The highest BCUT2D eigenvalue weighted by molar-refractivity contribution is 5.86. The molecule has 1 aliphatic carbocycles. The van der Waals surface area contributed by atoms with Gasteiger partial charge >= 0.3 is 0 Å². The van der Waals surface area contributed by atoms with Crippen molar-refractivity contribution in [3.63, 3.8) is 0 Å². The van der Waals surface area contributed by atoms with Crippen LogP contribution in [0.2, 0.25) is 0 Å². The van der Waals surface area contributed by atoms with E-state index >= 15 is 0 Å². The lowest BCUT2D eigenvalue weighted by atomic mass is 9.68. The van der Waals surface area contributed by atoms with Gasteiger partial charge in [0.25, 0.3) is 0 Å². The van der Waals surface area contributed by atoms with Crippen LogP contribution in [0.5, 0.6) is 0 Å². The molecule has 2 aliphatic rings. The van der Waals surface area contributed by atoms with E-state index < -0.39 is 0 Å². The lowest BCUT2D eigenvalue weighted by Gasteiger charge is -2.32. The SMILES string of the molecule is CCC1(CC)C(=O)N(C)C2C(C)CC(C)C21. The third kappa shape index (κ3) is 1.22. The molecule has 0 radical (unpaired) electrons. The first-order valence-electron chi connectivity index (χ1n) is 6.76. The predicted octanol–water partition coefficient (Wildman–Crippen LogP) is 2.93. The molecule has 2 rings (SSSR count). The Hall–Kier alpha value is -0.530. The fourth-order valence-corrected chi connectivity index (χ4v) is 4.71. The zero-order valence-corrected chi connectivity index (χ0v) is 11.3. The molecule has 0 spiro atoms. The lowest BCUT2D eigenvalue weighted by Crippen LogP contribution is -2.36. The molecule has 2 nitrogen and oxygen atoms in total. The maximum atomic E-state index is 12.5. The summed E-state index contributed by atoms with van der Waals surface area (Å²) >= 11 is 0. The van der Waals surface area contributed by atoms with Crippen molar-refractivity contribution < 1.29 is 4.79 Å². The van der Waals surface area contributed by atoms with Gasteiger partial charge in [-0.25, -0.2) is 0 Å². The number of nitrogens with zero attached hydrogens (tertiary/aromatic N) is 1. The summed E-state index contributed by atoms with van der Waals surface area (Å²) in [6.45, 7) is 9.03. The molecule has 1 saturated heterocycles. The number of amides is 1. The van der Waals surface area contributed by atoms with Crippen LogP contribution in [0.15, 0.2) is 0 Å². The van der Waals surface area contributed by atoms with Crippen molar-refractivity contribution in [3.8, 4) is 0 Å². The van der Waals surface area contributed by atoms with Gasteiger partial charge in [0.15, 0.2) is 0 Å². The van der Waals surface area contributed by atoms with Crippen LogP contribution in [0, 0.1) is 23.2 Å². The van der Waals surface area contributed by atoms with Crippen molar-refractivity contribution in [2.24, 2.45) is 23.2 Å². The molecule has 1 heterocycles. The molecule has 0 bridgehead atoms. The number of hydrogen-bond acceptors (Lipinski definition) is 1. The fraction of sp³-hybridized carbons (Fsp3) is 0.929. The Morgan fingerprint density at radius 1 is 1.25 bits per heavy atom. The van der Waals surface area contributed by atoms with Crippen molar-refractivity contribution >= 4 is 5.91 Å². The molecule has 2 heteroatoms. The number of likely N-dealkylation sites (tertiary alicyclic amines) is 1. The summed E-state index contributed by atoms with van der Waals surface area (Å²) in [5.41, 5.74) is -0.0520. The second kappa shape index (κ2) is 3.75. The number of carbonyl (C=O) groups is 1. The summed E-state index contributed by atoms with van der Waals surface area (Å²) in [6.07, 6.45) is 3.30. The monoisotopic (exact) mass is 223 g/mol. The Kier molecular flexibility index (Phi) is 2.80. The number of carbonyl (C=O) groups excluding carboxylic acids is 1. The van der Waals surface area contributed by atoms with E-state index in [0.717, 1.165) is 12.8 Å². The van der Waals surface area contributed by atoms with Crippen LogP contribution in [0.4, 0.5) is 0 Å². The summed E-state index contributed by atoms with van der Waals surface area (Å²) < 4.78 is 0. The van der Waals surface area contributed by atoms with Crippen LogP contribution in [0.25, 0.3) is 0 Å². The molecule has 0 aromatic carbocycles. The molecule has 16 heavy (non-hydrogen) atoms. The van der Waals surface area contributed by atoms with Crippen LogP contribution in [-0.4, -0.2) is 23.9 Å². The highest BCUT2D eigenvalue weighted by Gasteiger charge is 2.61. The average Bonchev–Trinajstić information content (AvgIpc) is 2.67. The van der Waals surface area contributed by atoms with Crippen molar-refractivity contribution in [3.05, 3.63) is 0 Å². The zero-order chi connectivity index (χ0) is 12.1. The van der Waals surface area contributed by atoms with E-state index in [1.54, 1.807) is 0 Å². The van der Waals surface area contributed by atoms with Gasteiger partial charge in [0.05, 0.1) is 5.41 Å². The highest BCUT2D eigenvalue weighted by Crippen LogP contribution is 2.56. The topological polar surface area (TPSA) is 20.3 Å². The Bertz CT molecular complexity index is 295. The van der Waals surface area contributed by atoms with E-state index in [4.69, 9.17) is 0 Å². The minimum atomic E-state index is -0.0520. The lowest BCUT2D eigenvalue weighted by molar-refractivity contribution is -0.137. The van der Waals surface area contributed by atoms with Gasteiger partial charge in [0, 0.05) is 13.1 Å². The van der Waals surface area contributed by atoms with Gasteiger partial charge in [-0.05, 0) is 37.0 Å². The van der Waals surface area contributed by atoms with Crippen molar-refractivity contribution in [1.29, 1.82) is 0 Å². The maximum absolute atomic E-state index is 12.5. The molecule has 0 aromatic rings. The molecule has 1 saturated carbocycles. The molecule has 92 valence electrons. The smallest absolute Gasteiger partial charge is 0.229 e. The highest BCUT2D eigenvalue weighted by atomic mass is 16.2. The summed E-state index contributed by atoms with van der Waals surface area (Å²) in [4.78, 5) is 14.6. The van der Waals surface area contributed by atoms with E-state index in [1.165, 1.54) is 6.42 Å². The molecule has 0 N–H and O–H groups in total. The van der Waals surface area contributed by atoms with Crippen LogP contribution < -0.4 is 0 Å². The number of fused-ring (bicyclic) bond motifs is 1. The minimum absolute atomic E-state index is 0.0520. The van der Waals surface area contributed by atoms with Gasteiger partial charge in [-0.3, -0.25) is 4.79 Å². The third-order valence-corrected chi connectivity index (χ3v) is 5.40. The van der Waals surface area contributed by atoms with Crippen LogP contribution >= 0.6 is 0 Å². The van der Waals surface area contributed by atoms with Crippen molar-refractivity contribution in [2.75, 3.05) is 7.05 Å². The first kappa shape index (κ1) is 11.9. The van der Waals surface area contributed by atoms with Crippen molar-refractivity contribution in [2.45, 2.75) is 53.0 Å². The van der Waals surface area contributed by atoms with E-state index in [2.05, 4.69) is 32.6 Å². The Labute approximate surface area is 99.4 Å². The van der Waals surface area contributed by atoms with Gasteiger partial charge in [-0.15, -0.1) is 0 Å². The number of rotatable bonds is 2. The first-order valence-corrected chi connectivity index (χ1v) is 6.76. The molecule has 1 amide bonds. The minimum Gasteiger partial charge on any atom is -0.342 e. The first-order chi connectivity index (χ1) is 7.49. The van der Waals surface area contributed by atoms with E-state index in [0.29, 0.717) is 29.7 Å². The zero-order valence-electron chi connectivity index (χ0n) is 11.3. The summed E-state index contributed by atoms with van der Waals surface area (Å²) in [5, 5.41) is 0. The second-order valence-electron chi connectivity index (χ2n) is 5.99. The number of hydrogen-bond donors (Lipinski definition) is 0. The quantitative estimate of drug-likeness (QED) is 0.705. The summed E-state index contributed by atoms with van der Waals surface area (Å²) in [7, 11) is 2.02. The van der Waals surface area contributed by atoms with Gasteiger partial charge in [0.1, 0.15) is 0 Å². The van der Waals surface area contributed by atoms with Gasteiger partial charge in [-0.1, -0.05) is 27.7 Å². The molecule has 4 unspecified atom stereocenters. The average molecular weight is 223 g/mol. The predicted molar refractivity (Wildman–Crippen MR) is 66.0 cm³/mol. The third-order valence-electron chi connectivity index (χ3n) is 5.40. The standard InChI is InChI=1S/C14H25NO/c1-6-14(7-2)11-9(3)8-10(4)12(11)15(5)13(14)16/h9-12H,6-8H2,1-5H3.